The molecule has 1 N–H and O–H groups in total. The lowest BCUT2D eigenvalue weighted by molar-refractivity contribution is -0.384. The van der Waals surface area contributed by atoms with Crippen LogP contribution in [0.3, 0.4) is 0 Å². The SMILES string of the molecule is CC(C)(C)c1ccc(-c2csc(NC(=O)/C=C/c3ccc([N+](=O)[O-])cc3)n2)cc1. The lowest BCUT2D eigenvalue weighted by Crippen LogP contribution is -2.10. The summed E-state index contributed by atoms with van der Waals surface area (Å²) in [5, 5.41) is 15.8. The van der Waals surface area contributed by atoms with E-state index >= 15 is 0 Å². The Kier molecular flexibility index (Phi) is 5.89. The first kappa shape index (κ1) is 20.4. The van der Waals surface area contributed by atoms with Gasteiger partial charge in [0, 0.05) is 29.2 Å². The molecule has 0 aliphatic rings. The molecule has 0 radical (unpaired) electrons. The van der Waals surface area contributed by atoms with Crippen LogP contribution in [0.2, 0.25) is 0 Å². The summed E-state index contributed by atoms with van der Waals surface area (Å²) in [6.45, 7) is 6.51. The van der Waals surface area contributed by atoms with Crippen LogP contribution in [0.15, 0.2) is 60.0 Å². The summed E-state index contributed by atoms with van der Waals surface area (Å²) >= 11 is 1.36. The van der Waals surface area contributed by atoms with E-state index in [4.69, 9.17) is 0 Å². The molecule has 0 aliphatic carbocycles. The number of thiazole rings is 1. The molecule has 0 spiro atoms. The molecule has 0 fully saturated rings. The van der Waals surface area contributed by atoms with Crippen LogP contribution in [0, 0.1) is 10.1 Å². The number of rotatable bonds is 5. The highest BCUT2D eigenvalue weighted by Gasteiger charge is 2.14. The molecule has 0 bridgehead atoms. The number of hydrogen-bond donors (Lipinski definition) is 1. The number of nitro groups is 1. The highest BCUT2D eigenvalue weighted by molar-refractivity contribution is 7.14. The standard InChI is InChI=1S/C22H21N3O3S/c1-22(2,3)17-9-7-16(8-10-17)19-14-29-21(23-19)24-20(26)13-6-15-4-11-18(12-5-15)25(27)28/h4-14H,1-3H3,(H,23,24,26)/b13-6+. The molecule has 0 saturated heterocycles. The highest BCUT2D eigenvalue weighted by atomic mass is 32.1. The second-order valence-electron chi connectivity index (χ2n) is 7.54. The van der Waals surface area contributed by atoms with Crippen molar-refractivity contribution in [3.05, 3.63) is 81.2 Å². The minimum atomic E-state index is -0.461. The van der Waals surface area contributed by atoms with Gasteiger partial charge in [0.05, 0.1) is 10.6 Å². The van der Waals surface area contributed by atoms with Crippen molar-refractivity contribution in [3.63, 3.8) is 0 Å². The van der Waals surface area contributed by atoms with Gasteiger partial charge >= 0.3 is 0 Å². The van der Waals surface area contributed by atoms with Crippen molar-refractivity contribution in [2.75, 3.05) is 5.32 Å². The van der Waals surface area contributed by atoms with E-state index in [-0.39, 0.29) is 17.0 Å². The normalized spacial score (nSPS) is 11.6. The van der Waals surface area contributed by atoms with Crippen LogP contribution in [0.1, 0.15) is 31.9 Å². The number of nitrogens with zero attached hydrogens (tertiary/aromatic N) is 2. The van der Waals surface area contributed by atoms with Crippen molar-refractivity contribution < 1.29 is 9.72 Å². The summed E-state index contributed by atoms with van der Waals surface area (Å²) in [4.78, 5) is 26.8. The fraction of sp³-hybridized carbons (Fsp3) is 0.182. The third-order valence-electron chi connectivity index (χ3n) is 4.31. The lowest BCUT2D eigenvalue weighted by Gasteiger charge is -2.18. The Bertz CT molecular complexity index is 1050. The second-order valence-corrected chi connectivity index (χ2v) is 8.39. The molecule has 7 heteroatoms. The number of nitrogens with one attached hydrogen (secondary N) is 1. The minimum Gasteiger partial charge on any atom is -0.298 e. The zero-order valence-electron chi connectivity index (χ0n) is 16.4. The Morgan fingerprint density at radius 2 is 1.76 bits per heavy atom. The van der Waals surface area contributed by atoms with Crippen LogP contribution in [-0.2, 0) is 10.2 Å². The van der Waals surface area contributed by atoms with Crippen molar-refractivity contribution in [1.82, 2.24) is 4.98 Å². The quantitative estimate of drug-likeness (QED) is 0.335. The predicted octanol–water partition coefficient (Wildman–Crippen LogP) is 5.67. The molecule has 0 saturated carbocycles. The zero-order chi connectivity index (χ0) is 21.0. The average molecular weight is 407 g/mol. The number of non-ortho nitro benzene ring substituents is 1. The van der Waals surface area contributed by atoms with Gasteiger partial charge in [0.1, 0.15) is 0 Å². The number of aromatic nitrogens is 1. The molecular weight excluding hydrogens is 386 g/mol. The number of nitro benzene ring substituents is 1. The molecule has 0 atom stereocenters. The number of carbonyl (C=O) groups is 1. The van der Waals surface area contributed by atoms with Crippen molar-refractivity contribution in [2.45, 2.75) is 26.2 Å². The highest BCUT2D eigenvalue weighted by Crippen LogP contribution is 2.28. The Hall–Kier alpha value is -3.32. The van der Waals surface area contributed by atoms with Gasteiger partial charge in [0.15, 0.2) is 5.13 Å². The Labute approximate surface area is 173 Å². The van der Waals surface area contributed by atoms with E-state index in [1.54, 1.807) is 18.2 Å². The van der Waals surface area contributed by atoms with Gasteiger partial charge in [0.25, 0.3) is 5.69 Å². The number of amides is 1. The first-order chi connectivity index (χ1) is 13.7. The van der Waals surface area contributed by atoms with E-state index in [2.05, 4.69) is 43.2 Å². The third-order valence-corrected chi connectivity index (χ3v) is 5.07. The largest absolute Gasteiger partial charge is 0.298 e. The average Bonchev–Trinajstić information content (AvgIpc) is 3.14. The predicted molar refractivity (Wildman–Crippen MR) is 117 cm³/mol. The smallest absolute Gasteiger partial charge is 0.269 e. The van der Waals surface area contributed by atoms with Gasteiger partial charge in [-0.1, -0.05) is 45.0 Å². The Morgan fingerprint density at radius 3 is 2.34 bits per heavy atom. The van der Waals surface area contributed by atoms with Gasteiger partial charge in [-0.2, -0.15) is 0 Å². The van der Waals surface area contributed by atoms with Crippen LogP contribution < -0.4 is 5.32 Å². The lowest BCUT2D eigenvalue weighted by atomic mass is 9.86. The van der Waals surface area contributed by atoms with Crippen LogP contribution in [0.5, 0.6) is 0 Å². The molecule has 1 aromatic heterocycles. The van der Waals surface area contributed by atoms with E-state index in [0.717, 1.165) is 11.3 Å². The van der Waals surface area contributed by atoms with E-state index in [1.165, 1.54) is 35.1 Å². The van der Waals surface area contributed by atoms with E-state index in [9.17, 15) is 14.9 Å². The van der Waals surface area contributed by atoms with Gasteiger partial charge in [-0.3, -0.25) is 20.2 Å². The van der Waals surface area contributed by atoms with Crippen molar-refractivity contribution in [1.29, 1.82) is 0 Å². The molecule has 2 aromatic carbocycles. The molecule has 148 valence electrons. The maximum Gasteiger partial charge on any atom is 0.269 e. The van der Waals surface area contributed by atoms with Crippen LogP contribution in [0.25, 0.3) is 17.3 Å². The minimum absolute atomic E-state index is 0.0115. The molecule has 3 aromatic rings. The van der Waals surface area contributed by atoms with Crippen molar-refractivity contribution in [3.8, 4) is 11.3 Å². The molecule has 1 amide bonds. The first-order valence-electron chi connectivity index (χ1n) is 9.02. The summed E-state index contributed by atoms with van der Waals surface area (Å²) in [6, 6.07) is 14.2. The van der Waals surface area contributed by atoms with E-state index in [1.807, 2.05) is 17.5 Å². The Morgan fingerprint density at radius 1 is 1.10 bits per heavy atom. The number of benzene rings is 2. The zero-order valence-corrected chi connectivity index (χ0v) is 17.2. The molecule has 29 heavy (non-hydrogen) atoms. The maximum atomic E-state index is 12.1. The molecule has 6 nitrogen and oxygen atoms in total. The summed E-state index contributed by atoms with van der Waals surface area (Å²) in [5.74, 6) is -0.313. The van der Waals surface area contributed by atoms with Crippen LogP contribution in [0.4, 0.5) is 10.8 Å². The van der Waals surface area contributed by atoms with Gasteiger partial charge in [-0.15, -0.1) is 11.3 Å². The van der Waals surface area contributed by atoms with Gasteiger partial charge in [0.2, 0.25) is 5.91 Å². The molecule has 0 unspecified atom stereocenters. The topological polar surface area (TPSA) is 85.1 Å². The summed E-state index contributed by atoms with van der Waals surface area (Å²) < 4.78 is 0. The van der Waals surface area contributed by atoms with E-state index < -0.39 is 4.92 Å². The second kappa shape index (κ2) is 8.36. The van der Waals surface area contributed by atoms with Gasteiger partial charge in [-0.05, 0) is 34.8 Å². The summed E-state index contributed by atoms with van der Waals surface area (Å²) in [7, 11) is 0. The number of hydrogen-bond acceptors (Lipinski definition) is 5. The van der Waals surface area contributed by atoms with Crippen molar-refractivity contribution >= 4 is 34.1 Å². The molecule has 0 aliphatic heterocycles. The fourth-order valence-electron chi connectivity index (χ4n) is 2.63. The molecular formula is C22H21N3O3S. The summed E-state index contributed by atoms with van der Waals surface area (Å²) in [5.41, 5.74) is 3.86. The third kappa shape index (κ3) is 5.36. The first-order valence-corrected chi connectivity index (χ1v) is 9.90. The monoisotopic (exact) mass is 407 g/mol. The molecule has 1 heterocycles. The Balaban J connectivity index is 1.63. The number of anilines is 1. The van der Waals surface area contributed by atoms with Gasteiger partial charge in [-0.25, -0.2) is 4.98 Å². The van der Waals surface area contributed by atoms with Crippen molar-refractivity contribution in [2.24, 2.45) is 0 Å². The fourth-order valence-corrected chi connectivity index (χ4v) is 3.35. The molecule has 3 rings (SSSR count). The van der Waals surface area contributed by atoms with E-state index in [0.29, 0.717) is 10.7 Å². The van der Waals surface area contributed by atoms with Crippen LogP contribution in [-0.4, -0.2) is 15.8 Å². The van der Waals surface area contributed by atoms with Crippen LogP contribution >= 0.6 is 11.3 Å². The number of carbonyl (C=O) groups excluding carboxylic acids is 1. The maximum absolute atomic E-state index is 12.1. The summed E-state index contributed by atoms with van der Waals surface area (Å²) in [6.07, 6.45) is 2.97. The van der Waals surface area contributed by atoms with Gasteiger partial charge < -0.3 is 0 Å².